The molecule has 2 fully saturated rings. The van der Waals surface area contributed by atoms with Crippen LogP contribution in [0.4, 0.5) is 0 Å². The molecule has 8 heteroatoms. The maximum atomic E-state index is 13.4. The Hall–Kier alpha value is -3.39. The Balaban J connectivity index is 1.68. The number of allylic oxidation sites excluding steroid dienone is 1. The van der Waals surface area contributed by atoms with Crippen LogP contribution in [0.1, 0.15) is 48.8 Å². The summed E-state index contributed by atoms with van der Waals surface area (Å²) in [5, 5.41) is 43.3. The van der Waals surface area contributed by atoms with Crippen molar-refractivity contribution in [1.82, 2.24) is 0 Å². The Bertz CT molecular complexity index is 1200. The van der Waals surface area contributed by atoms with E-state index in [0.29, 0.717) is 12.0 Å². The minimum atomic E-state index is -2.53. The van der Waals surface area contributed by atoms with Crippen molar-refractivity contribution in [2.75, 3.05) is 0 Å². The molecular formula is C24H23NO7. The highest BCUT2D eigenvalue weighted by molar-refractivity contribution is 6.22. The van der Waals surface area contributed by atoms with Gasteiger partial charge in [0.15, 0.2) is 11.4 Å². The monoisotopic (exact) mass is 437 g/mol. The van der Waals surface area contributed by atoms with Gasteiger partial charge in [0, 0.05) is 17.9 Å². The number of carbonyl (C=O) groups is 3. The van der Waals surface area contributed by atoms with Gasteiger partial charge in [-0.3, -0.25) is 14.4 Å². The van der Waals surface area contributed by atoms with Crippen LogP contribution in [-0.2, 0) is 20.8 Å². The quantitative estimate of drug-likeness (QED) is 0.443. The van der Waals surface area contributed by atoms with Crippen molar-refractivity contribution < 1.29 is 34.8 Å². The first-order valence-corrected chi connectivity index (χ1v) is 10.7. The minimum absolute atomic E-state index is 0.121. The molecule has 0 saturated heterocycles. The van der Waals surface area contributed by atoms with E-state index in [1.807, 2.05) is 6.08 Å². The van der Waals surface area contributed by atoms with Crippen molar-refractivity contribution in [1.29, 1.82) is 0 Å². The number of phenols is 1. The largest absolute Gasteiger partial charge is 0.508 e. The lowest BCUT2D eigenvalue weighted by Crippen LogP contribution is -2.58. The predicted molar refractivity (Wildman–Crippen MR) is 113 cm³/mol. The first-order chi connectivity index (χ1) is 15.1. The molecule has 0 aliphatic heterocycles. The molecule has 8 nitrogen and oxygen atoms in total. The highest BCUT2D eigenvalue weighted by atomic mass is 16.3. The summed E-state index contributed by atoms with van der Waals surface area (Å²) in [5.41, 5.74) is 4.71. The fraction of sp³-hybridized carbons (Fsp3) is 0.375. The number of nitrogens with two attached hydrogens (primary N) is 1. The van der Waals surface area contributed by atoms with Crippen LogP contribution in [0.3, 0.4) is 0 Å². The fourth-order valence-electron chi connectivity index (χ4n) is 5.53. The SMILES string of the molecule is NC(=O)C1=C(O)[C@@]2(O)C(=O)C3=C(O)c4c(O)ccc(C=C5CCC5)c4C[C@H]3C[C@H]2CC1=O. The van der Waals surface area contributed by atoms with Crippen LogP contribution >= 0.6 is 0 Å². The molecule has 2 saturated carbocycles. The Morgan fingerprint density at radius 1 is 1.12 bits per heavy atom. The summed E-state index contributed by atoms with van der Waals surface area (Å²) in [6.45, 7) is 0. The number of amides is 1. The summed E-state index contributed by atoms with van der Waals surface area (Å²) in [6, 6.07) is 3.23. The van der Waals surface area contributed by atoms with Gasteiger partial charge in [0.1, 0.15) is 22.8 Å². The number of phenolic OH excluding ortho intramolecular Hbond substituents is 1. The Labute approximate surface area is 183 Å². The van der Waals surface area contributed by atoms with E-state index in [1.54, 1.807) is 6.07 Å². The molecule has 1 aromatic rings. The summed E-state index contributed by atoms with van der Waals surface area (Å²) < 4.78 is 0. The number of aromatic hydroxyl groups is 1. The van der Waals surface area contributed by atoms with Crippen LogP contribution in [-0.4, -0.2) is 43.5 Å². The lowest BCUT2D eigenvalue weighted by molar-refractivity contribution is -0.147. The van der Waals surface area contributed by atoms with E-state index in [0.717, 1.165) is 24.8 Å². The van der Waals surface area contributed by atoms with Gasteiger partial charge < -0.3 is 26.2 Å². The number of benzene rings is 1. The van der Waals surface area contributed by atoms with Crippen molar-refractivity contribution in [2.45, 2.75) is 44.1 Å². The molecule has 0 bridgehead atoms. The van der Waals surface area contributed by atoms with Gasteiger partial charge in [-0.05, 0) is 55.2 Å². The molecule has 5 rings (SSSR count). The first kappa shape index (κ1) is 20.5. The molecule has 1 amide bonds. The summed E-state index contributed by atoms with van der Waals surface area (Å²) in [5.74, 6) is -6.12. The molecule has 0 radical (unpaired) electrons. The lowest BCUT2D eigenvalue weighted by atomic mass is 9.59. The summed E-state index contributed by atoms with van der Waals surface area (Å²) in [6.07, 6.45) is 5.29. The molecule has 166 valence electrons. The highest BCUT2D eigenvalue weighted by Gasteiger charge is 2.60. The minimum Gasteiger partial charge on any atom is -0.508 e. The van der Waals surface area contributed by atoms with Gasteiger partial charge in [0.2, 0.25) is 5.78 Å². The molecule has 4 aliphatic carbocycles. The Morgan fingerprint density at radius 3 is 2.47 bits per heavy atom. The number of aliphatic hydroxyl groups excluding tert-OH is 2. The summed E-state index contributed by atoms with van der Waals surface area (Å²) >= 11 is 0. The van der Waals surface area contributed by atoms with E-state index < -0.39 is 52.0 Å². The average Bonchev–Trinajstić information content (AvgIpc) is 2.68. The molecule has 0 heterocycles. The first-order valence-electron chi connectivity index (χ1n) is 10.7. The van der Waals surface area contributed by atoms with Crippen molar-refractivity contribution in [3.63, 3.8) is 0 Å². The molecule has 0 unspecified atom stereocenters. The van der Waals surface area contributed by atoms with Crippen molar-refractivity contribution in [3.8, 4) is 5.75 Å². The van der Waals surface area contributed by atoms with Gasteiger partial charge in [-0.25, -0.2) is 0 Å². The predicted octanol–water partition coefficient (Wildman–Crippen LogP) is 1.99. The van der Waals surface area contributed by atoms with E-state index >= 15 is 0 Å². The van der Waals surface area contributed by atoms with E-state index in [4.69, 9.17) is 5.73 Å². The Kier molecular flexibility index (Phi) is 4.36. The second-order valence-electron chi connectivity index (χ2n) is 9.09. The molecular weight excluding hydrogens is 414 g/mol. The van der Waals surface area contributed by atoms with E-state index in [9.17, 15) is 34.8 Å². The topological polar surface area (TPSA) is 158 Å². The van der Waals surface area contributed by atoms with Gasteiger partial charge >= 0.3 is 0 Å². The molecule has 6 N–H and O–H groups in total. The van der Waals surface area contributed by atoms with Gasteiger partial charge in [-0.2, -0.15) is 0 Å². The number of Topliss-reactive ketones (excluding diaryl/α,β-unsaturated/α-hetero) is 2. The number of hydrogen-bond donors (Lipinski definition) is 5. The molecule has 1 aromatic carbocycles. The van der Waals surface area contributed by atoms with Crippen molar-refractivity contribution in [2.24, 2.45) is 17.6 Å². The second-order valence-corrected chi connectivity index (χ2v) is 9.09. The van der Waals surface area contributed by atoms with Crippen LogP contribution in [0.15, 0.2) is 34.6 Å². The third-order valence-corrected chi connectivity index (χ3v) is 7.34. The average molecular weight is 437 g/mol. The third kappa shape index (κ3) is 2.62. The van der Waals surface area contributed by atoms with Crippen molar-refractivity contribution in [3.05, 3.63) is 51.3 Å². The third-order valence-electron chi connectivity index (χ3n) is 7.34. The van der Waals surface area contributed by atoms with Crippen LogP contribution in [0.5, 0.6) is 5.75 Å². The molecule has 4 aliphatic rings. The van der Waals surface area contributed by atoms with E-state index in [2.05, 4.69) is 0 Å². The molecule has 0 aromatic heterocycles. The number of carbonyl (C=O) groups excluding carboxylic acids is 3. The number of aliphatic hydroxyl groups is 3. The number of rotatable bonds is 2. The zero-order chi connectivity index (χ0) is 22.9. The zero-order valence-corrected chi connectivity index (χ0v) is 17.2. The van der Waals surface area contributed by atoms with Crippen LogP contribution < -0.4 is 5.73 Å². The molecule has 0 spiro atoms. The highest BCUT2D eigenvalue weighted by Crippen LogP contribution is 2.52. The number of hydrogen-bond acceptors (Lipinski definition) is 7. The lowest BCUT2D eigenvalue weighted by Gasteiger charge is -2.46. The summed E-state index contributed by atoms with van der Waals surface area (Å²) in [4.78, 5) is 37.5. The zero-order valence-electron chi connectivity index (χ0n) is 17.2. The molecule has 3 atom stereocenters. The maximum Gasteiger partial charge on any atom is 0.255 e. The van der Waals surface area contributed by atoms with Crippen LogP contribution in [0.2, 0.25) is 0 Å². The van der Waals surface area contributed by atoms with E-state index in [1.165, 1.54) is 11.6 Å². The Morgan fingerprint density at radius 2 is 1.84 bits per heavy atom. The van der Waals surface area contributed by atoms with E-state index in [-0.39, 0.29) is 29.7 Å². The normalized spacial score (nSPS) is 29.2. The smallest absolute Gasteiger partial charge is 0.255 e. The second kappa shape index (κ2) is 6.80. The van der Waals surface area contributed by atoms with Crippen LogP contribution in [0, 0.1) is 11.8 Å². The van der Waals surface area contributed by atoms with Gasteiger partial charge in [0.25, 0.3) is 5.91 Å². The maximum absolute atomic E-state index is 13.4. The standard InChI is InChI=1S/C24H23NO7/c25-23(31)19-16(27)9-13-7-12-8-14-11(6-10-2-1-3-10)4-5-15(26)18(14)20(28)17(12)21(29)24(13,32)22(19)30/h4-6,12-13,26,28,30,32H,1-3,7-9H2,(H2,25,31)/t12-,13+,24+/m1/s1. The van der Waals surface area contributed by atoms with Gasteiger partial charge in [-0.15, -0.1) is 0 Å². The number of fused-ring (bicyclic) bond motifs is 3. The summed E-state index contributed by atoms with van der Waals surface area (Å²) in [7, 11) is 0. The number of ketones is 2. The fourth-order valence-corrected chi connectivity index (χ4v) is 5.53. The van der Waals surface area contributed by atoms with Crippen molar-refractivity contribution >= 4 is 29.3 Å². The molecule has 32 heavy (non-hydrogen) atoms. The van der Waals surface area contributed by atoms with Gasteiger partial charge in [-0.1, -0.05) is 17.7 Å². The number of primary amides is 1. The van der Waals surface area contributed by atoms with Crippen LogP contribution in [0.25, 0.3) is 11.8 Å². The van der Waals surface area contributed by atoms with Gasteiger partial charge in [0.05, 0.1) is 5.56 Å².